The molecular weight excluding hydrogens is 378 g/mol. The number of rotatable bonds is 3. The van der Waals surface area contributed by atoms with Crippen LogP contribution in [0.25, 0.3) is 16.1 Å². The van der Waals surface area contributed by atoms with Crippen molar-refractivity contribution in [1.82, 2.24) is 9.55 Å². The molecule has 1 amide bonds. The maximum absolute atomic E-state index is 13.2. The van der Waals surface area contributed by atoms with E-state index in [0.29, 0.717) is 5.89 Å². The molecular formula is C20H17N3O2S2. The summed E-state index contributed by atoms with van der Waals surface area (Å²) >= 11 is 3.65. The predicted molar refractivity (Wildman–Crippen MR) is 110 cm³/mol. The van der Waals surface area contributed by atoms with Gasteiger partial charge in [-0.2, -0.15) is 11.8 Å². The molecule has 0 saturated heterocycles. The number of hydrogen-bond donors (Lipinski definition) is 1. The third-order valence-electron chi connectivity index (χ3n) is 4.62. The van der Waals surface area contributed by atoms with Gasteiger partial charge >= 0.3 is 0 Å². The first kappa shape index (κ1) is 16.6. The molecule has 0 bridgehead atoms. The molecule has 3 aromatic heterocycles. The van der Waals surface area contributed by atoms with Gasteiger partial charge in [-0.25, -0.2) is 4.98 Å². The van der Waals surface area contributed by atoms with E-state index in [1.165, 1.54) is 10.4 Å². The van der Waals surface area contributed by atoms with Crippen LogP contribution in [-0.2, 0) is 12.2 Å². The fraction of sp³-hybridized carbons (Fsp3) is 0.200. The highest BCUT2D eigenvalue weighted by Crippen LogP contribution is 2.38. The quantitative estimate of drug-likeness (QED) is 0.528. The van der Waals surface area contributed by atoms with Gasteiger partial charge in [0.05, 0.1) is 5.56 Å². The maximum atomic E-state index is 13.2. The number of carbonyl (C=O) groups is 1. The van der Waals surface area contributed by atoms with E-state index >= 15 is 0 Å². The highest BCUT2D eigenvalue weighted by atomic mass is 32.2. The van der Waals surface area contributed by atoms with E-state index in [9.17, 15) is 4.79 Å². The van der Waals surface area contributed by atoms with E-state index in [2.05, 4.69) is 10.3 Å². The minimum atomic E-state index is -0.0670. The zero-order valence-corrected chi connectivity index (χ0v) is 16.3. The summed E-state index contributed by atoms with van der Waals surface area (Å²) in [6.45, 7) is 1.82. The van der Waals surface area contributed by atoms with Gasteiger partial charge in [0.15, 0.2) is 11.5 Å². The third kappa shape index (κ3) is 2.96. The Labute approximate surface area is 164 Å². The van der Waals surface area contributed by atoms with Crippen molar-refractivity contribution in [3.63, 3.8) is 0 Å². The summed E-state index contributed by atoms with van der Waals surface area (Å²) in [4.78, 5) is 18.9. The van der Waals surface area contributed by atoms with Crippen molar-refractivity contribution >= 4 is 45.8 Å². The second-order valence-electron chi connectivity index (χ2n) is 6.45. The summed E-state index contributed by atoms with van der Waals surface area (Å²) in [5.74, 6) is 2.58. The van der Waals surface area contributed by atoms with Gasteiger partial charge in [-0.3, -0.25) is 4.79 Å². The number of thioether (sulfide) groups is 1. The van der Waals surface area contributed by atoms with Crippen LogP contribution < -0.4 is 5.32 Å². The standard InChI is InChI=1S/C20H17N3O2S2/c1-12-21-15-10-13(4-5-16(15)25-12)22-19(24)18-14-6-9-26-11-17(14)27-20(18)23-7-2-3-8-23/h2-5,7-8,10H,6,9,11H2,1H3,(H,22,24). The number of aromatic nitrogens is 2. The van der Waals surface area contributed by atoms with E-state index in [0.717, 1.165) is 45.3 Å². The van der Waals surface area contributed by atoms with Crippen LogP contribution in [0.5, 0.6) is 0 Å². The SMILES string of the molecule is Cc1nc2cc(NC(=O)c3c(-n4cccc4)sc4c3CCSC4)ccc2o1. The molecule has 0 radical (unpaired) electrons. The second kappa shape index (κ2) is 6.58. The fourth-order valence-electron chi connectivity index (χ4n) is 3.42. The molecule has 5 nitrogen and oxygen atoms in total. The molecule has 0 aliphatic carbocycles. The van der Waals surface area contributed by atoms with Crippen molar-refractivity contribution < 1.29 is 9.21 Å². The minimum absolute atomic E-state index is 0.0670. The summed E-state index contributed by atoms with van der Waals surface area (Å²) in [6, 6.07) is 9.52. The van der Waals surface area contributed by atoms with Crippen molar-refractivity contribution in [2.75, 3.05) is 11.1 Å². The molecule has 136 valence electrons. The molecule has 7 heteroatoms. The number of fused-ring (bicyclic) bond motifs is 2. The smallest absolute Gasteiger partial charge is 0.258 e. The van der Waals surface area contributed by atoms with Crippen molar-refractivity contribution in [3.05, 3.63) is 64.6 Å². The number of amides is 1. The van der Waals surface area contributed by atoms with Crippen LogP contribution in [-0.4, -0.2) is 21.2 Å². The van der Waals surface area contributed by atoms with Crippen molar-refractivity contribution in [3.8, 4) is 5.00 Å². The van der Waals surface area contributed by atoms with Crippen LogP contribution in [0, 0.1) is 6.92 Å². The fourth-order valence-corrected chi connectivity index (χ4v) is 5.86. The Balaban J connectivity index is 1.54. The summed E-state index contributed by atoms with van der Waals surface area (Å²) in [7, 11) is 0. The Morgan fingerprint density at radius 1 is 1.30 bits per heavy atom. The van der Waals surface area contributed by atoms with Crippen molar-refractivity contribution in [1.29, 1.82) is 0 Å². The average Bonchev–Trinajstić information content (AvgIpc) is 3.38. The van der Waals surface area contributed by atoms with Gasteiger partial charge < -0.3 is 14.3 Å². The van der Waals surface area contributed by atoms with Gasteiger partial charge in [-0.15, -0.1) is 11.3 Å². The van der Waals surface area contributed by atoms with Gasteiger partial charge in [0, 0.05) is 35.6 Å². The van der Waals surface area contributed by atoms with E-state index < -0.39 is 0 Å². The van der Waals surface area contributed by atoms with E-state index in [4.69, 9.17) is 4.42 Å². The highest BCUT2D eigenvalue weighted by molar-refractivity contribution is 7.98. The largest absolute Gasteiger partial charge is 0.441 e. The van der Waals surface area contributed by atoms with Crippen LogP contribution in [0.2, 0.25) is 0 Å². The molecule has 0 spiro atoms. The monoisotopic (exact) mass is 395 g/mol. The molecule has 0 saturated carbocycles. The molecule has 1 N–H and O–H groups in total. The van der Waals surface area contributed by atoms with Crippen LogP contribution in [0.1, 0.15) is 26.7 Å². The molecule has 1 aliphatic heterocycles. The first-order chi connectivity index (χ1) is 13.2. The first-order valence-corrected chi connectivity index (χ1v) is 10.7. The Morgan fingerprint density at radius 2 is 2.15 bits per heavy atom. The molecule has 5 rings (SSSR count). The number of anilines is 1. The number of thiophene rings is 1. The molecule has 4 aromatic rings. The summed E-state index contributed by atoms with van der Waals surface area (Å²) in [5, 5.41) is 4.05. The summed E-state index contributed by atoms with van der Waals surface area (Å²) < 4.78 is 7.55. The van der Waals surface area contributed by atoms with E-state index in [-0.39, 0.29) is 5.91 Å². The van der Waals surface area contributed by atoms with Crippen LogP contribution in [0.3, 0.4) is 0 Å². The van der Waals surface area contributed by atoms with Crippen molar-refractivity contribution in [2.45, 2.75) is 19.1 Å². The predicted octanol–water partition coefficient (Wildman–Crippen LogP) is 5.03. The highest BCUT2D eigenvalue weighted by Gasteiger charge is 2.26. The molecule has 0 atom stereocenters. The molecule has 0 unspecified atom stereocenters. The number of aryl methyl sites for hydroxylation is 1. The summed E-state index contributed by atoms with van der Waals surface area (Å²) in [5.41, 5.74) is 4.19. The molecule has 0 fully saturated rings. The number of carbonyl (C=O) groups excluding carboxylic acids is 1. The number of oxazole rings is 1. The Kier molecular flexibility index (Phi) is 4.06. The maximum Gasteiger partial charge on any atom is 0.258 e. The van der Waals surface area contributed by atoms with Gasteiger partial charge in [0.1, 0.15) is 10.5 Å². The number of benzene rings is 1. The van der Waals surface area contributed by atoms with Crippen LogP contribution in [0.4, 0.5) is 5.69 Å². The molecule has 27 heavy (non-hydrogen) atoms. The number of nitrogens with zero attached hydrogens (tertiary/aromatic N) is 2. The van der Waals surface area contributed by atoms with Crippen LogP contribution in [0.15, 0.2) is 47.1 Å². The zero-order chi connectivity index (χ0) is 18.4. The molecule has 4 heterocycles. The average molecular weight is 396 g/mol. The lowest BCUT2D eigenvalue weighted by Crippen LogP contribution is -2.16. The van der Waals surface area contributed by atoms with E-state index in [1.54, 1.807) is 11.3 Å². The topological polar surface area (TPSA) is 60.1 Å². The molecule has 1 aromatic carbocycles. The van der Waals surface area contributed by atoms with Crippen molar-refractivity contribution in [2.24, 2.45) is 0 Å². The normalized spacial score (nSPS) is 13.7. The Bertz CT molecular complexity index is 1140. The van der Waals surface area contributed by atoms with Gasteiger partial charge in [-0.05, 0) is 48.1 Å². The number of nitrogens with one attached hydrogen (secondary N) is 1. The second-order valence-corrected chi connectivity index (χ2v) is 8.64. The van der Waals surface area contributed by atoms with E-state index in [1.807, 2.05) is 66.0 Å². The third-order valence-corrected chi connectivity index (χ3v) is 7.03. The lowest BCUT2D eigenvalue weighted by Gasteiger charge is -2.13. The first-order valence-electron chi connectivity index (χ1n) is 8.73. The van der Waals surface area contributed by atoms with Gasteiger partial charge in [0.25, 0.3) is 5.91 Å². The summed E-state index contributed by atoms with van der Waals surface area (Å²) in [6.07, 6.45) is 4.92. The van der Waals surface area contributed by atoms with Crippen LogP contribution >= 0.6 is 23.1 Å². The number of hydrogen-bond acceptors (Lipinski definition) is 5. The lowest BCUT2D eigenvalue weighted by molar-refractivity contribution is 0.102. The zero-order valence-electron chi connectivity index (χ0n) is 14.7. The lowest BCUT2D eigenvalue weighted by atomic mass is 10.1. The Morgan fingerprint density at radius 3 is 3.00 bits per heavy atom. The Hall–Kier alpha value is -2.51. The van der Waals surface area contributed by atoms with Gasteiger partial charge in [-0.1, -0.05) is 0 Å². The van der Waals surface area contributed by atoms with Gasteiger partial charge in [0.2, 0.25) is 0 Å². The minimum Gasteiger partial charge on any atom is -0.441 e. The molecule has 1 aliphatic rings.